The molecule has 2 aromatic rings. The maximum absolute atomic E-state index is 4.70. The van der Waals surface area contributed by atoms with Gasteiger partial charge in [-0.25, -0.2) is 4.98 Å². The first-order chi connectivity index (χ1) is 10.6. The van der Waals surface area contributed by atoms with Crippen LogP contribution < -0.4 is 10.2 Å². The van der Waals surface area contributed by atoms with Gasteiger partial charge in [0.1, 0.15) is 5.82 Å². The molecule has 0 bridgehead atoms. The van der Waals surface area contributed by atoms with Crippen molar-refractivity contribution in [3.05, 3.63) is 40.0 Å². The second kappa shape index (κ2) is 6.65. The van der Waals surface area contributed by atoms with Crippen LogP contribution in [0, 0.1) is 13.8 Å². The van der Waals surface area contributed by atoms with Crippen LogP contribution in [0.5, 0.6) is 0 Å². The fourth-order valence-electron chi connectivity index (χ4n) is 2.72. The molecule has 0 atom stereocenters. The molecular weight excluding hydrogens is 340 g/mol. The standard InChI is InChI=1S/C17H21BrN4/c1-12-10-14(6-7-15(12)18)20-16-11-13(2)19-17(21-16)22-8-4-3-5-9-22/h6-7,10-11H,3-5,8-9H2,1-2H3,(H,19,20,21). The van der Waals surface area contributed by atoms with Crippen molar-refractivity contribution in [2.75, 3.05) is 23.3 Å². The minimum absolute atomic E-state index is 0.844. The van der Waals surface area contributed by atoms with Crippen molar-refractivity contribution in [3.8, 4) is 0 Å². The largest absolute Gasteiger partial charge is 0.341 e. The van der Waals surface area contributed by atoms with Gasteiger partial charge in [0.25, 0.3) is 0 Å². The average Bonchev–Trinajstić information content (AvgIpc) is 2.51. The Morgan fingerprint density at radius 2 is 1.82 bits per heavy atom. The fourth-order valence-corrected chi connectivity index (χ4v) is 2.97. The Morgan fingerprint density at radius 3 is 2.55 bits per heavy atom. The van der Waals surface area contributed by atoms with Crippen LogP contribution in [0.4, 0.5) is 17.5 Å². The lowest BCUT2D eigenvalue weighted by molar-refractivity contribution is 0.568. The van der Waals surface area contributed by atoms with E-state index in [1.807, 2.05) is 13.0 Å². The first kappa shape index (κ1) is 15.3. The van der Waals surface area contributed by atoms with Gasteiger partial charge in [-0.1, -0.05) is 15.9 Å². The monoisotopic (exact) mass is 360 g/mol. The highest BCUT2D eigenvalue weighted by Crippen LogP contribution is 2.24. The number of halogens is 1. The van der Waals surface area contributed by atoms with Crippen LogP contribution in [0.25, 0.3) is 0 Å². The van der Waals surface area contributed by atoms with Crippen LogP contribution in [0.2, 0.25) is 0 Å². The summed E-state index contributed by atoms with van der Waals surface area (Å²) >= 11 is 3.53. The minimum atomic E-state index is 0.844. The van der Waals surface area contributed by atoms with E-state index in [0.717, 1.165) is 40.7 Å². The summed E-state index contributed by atoms with van der Waals surface area (Å²) in [7, 11) is 0. The van der Waals surface area contributed by atoms with Gasteiger partial charge in [-0.05, 0) is 56.9 Å². The van der Waals surface area contributed by atoms with E-state index < -0.39 is 0 Å². The third-order valence-electron chi connectivity index (χ3n) is 3.91. The number of anilines is 3. The molecule has 1 aromatic heterocycles. The smallest absolute Gasteiger partial charge is 0.227 e. The minimum Gasteiger partial charge on any atom is -0.341 e. The highest BCUT2D eigenvalue weighted by atomic mass is 79.9. The first-order valence-electron chi connectivity index (χ1n) is 7.75. The molecule has 22 heavy (non-hydrogen) atoms. The summed E-state index contributed by atoms with van der Waals surface area (Å²) in [5.74, 6) is 1.70. The molecular formula is C17H21BrN4. The normalized spacial score (nSPS) is 15.0. The number of nitrogens with zero attached hydrogens (tertiary/aromatic N) is 3. The van der Waals surface area contributed by atoms with Crippen molar-refractivity contribution >= 4 is 33.4 Å². The molecule has 0 amide bonds. The lowest BCUT2D eigenvalue weighted by Gasteiger charge is -2.27. The Morgan fingerprint density at radius 1 is 1.05 bits per heavy atom. The number of rotatable bonds is 3. The zero-order valence-electron chi connectivity index (χ0n) is 13.1. The van der Waals surface area contributed by atoms with Crippen molar-refractivity contribution in [2.24, 2.45) is 0 Å². The molecule has 0 spiro atoms. The summed E-state index contributed by atoms with van der Waals surface area (Å²) in [6, 6.07) is 8.21. The van der Waals surface area contributed by atoms with Crippen LogP contribution in [-0.2, 0) is 0 Å². The third-order valence-corrected chi connectivity index (χ3v) is 4.80. The topological polar surface area (TPSA) is 41.1 Å². The molecule has 0 radical (unpaired) electrons. The predicted octanol–water partition coefficient (Wildman–Crippen LogP) is 4.59. The molecule has 116 valence electrons. The lowest BCUT2D eigenvalue weighted by atomic mass is 10.1. The number of hydrogen-bond acceptors (Lipinski definition) is 4. The van der Waals surface area contributed by atoms with E-state index >= 15 is 0 Å². The van der Waals surface area contributed by atoms with Gasteiger partial charge >= 0.3 is 0 Å². The molecule has 4 nitrogen and oxygen atoms in total. The van der Waals surface area contributed by atoms with Gasteiger partial charge in [0.2, 0.25) is 5.95 Å². The van der Waals surface area contributed by atoms with Crippen molar-refractivity contribution < 1.29 is 0 Å². The molecule has 1 fully saturated rings. The number of piperidine rings is 1. The summed E-state index contributed by atoms with van der Waals surface area (Å²) in [5, 5.41) is 3.39. The predicted molar refractivity (Wildman–Crippen MR) is 95.0 cm³/mol. The quantitative estimate of drug-likeness (QED) is 0.868. The van der Waals surface area contributed by atoms with Crippen molar-refractivity contribution in [2.45, 2.75) is 33.1 Å². The van der Waals surface area contributed by atoms with Crippen molar-refractivity contribution in [1.82, 2.24) is 9.97 Å². The van der Waals surface area contributed by atoms with Crippen molar-refractivity contribution in [1.29, 1.82) is 0 Å². The van der Waals surface area contributed by atoms with Gasteiger partial charge in [-0.2, -0.15) is 4.98 Å². The molecule has 0 saturated carbocycles. The molecule has 1 aliphatic heterocycles. The van der Waals surface area contributed by atoms with Crippen LogP contribution in [0.15, 0.2) is 28.7 Å². The molecule has 1 aliphatic rings. The lowest BCUT2D eigenvalue weighted by Crippen LogP contribution is -2.31. The summed E-state index contributed by atoms with van der Waals surface area (Å²) in [4.78, 5) is 11.6. The Balaban J connectivity index is 1.83. The maximum Gasteiger partial charge on any atom is 0.227 e. The number of aromatic nitrogens is 2. The average molecular weight is 361 g/mol. The second-order valence-electron chi connectivity index (χ2n) is 5.83. The highest BCUT2D eigenvalue weighted by Gasteiger charge is 2.14. The van der Waals surface area contributed by atoms with Crippen molar-refractivity contribution in [3.63, 3.8) is 0 Å². The molecule has 1 N–H and O–H groups in total. The number of aryl methyl sites for hydroxylation is 2. The Kier molecular flexibility index (Phi) is 4.62. The molecule has 1 saturated heterocycles. The van der Waals surface area contributed by atoms with E-state index in [4.69, 9.17) is 4.98 Å². The van der Waals surface area contributed by atoms with E-state index in [1.165, 1.54) is 24.8 Å². The van der Waals surface area contributed by atoms with E-state index in [9.17, 15) is 0 Å². The summed E-state index contributed by atoms with van der Waals surface area (Å²) in [5.41, 5.74) is 3.24. The summed E-state index contributed by atoms with van der Waals surface area (Å²) in [6.45, 7) is 6.22. The number of nitrogens with one attached hydrogen (secondary N) is 1. The Labute approximate surface area is 140 Å². The summed E-state index contributed by atoms with van der Waals surface area (Å²) < 4.78 is 1.12. The zero-order valence-corrected chi connectivity index (χ0v) is 14.7. The van der Waals surface area contributed by atoms with Crippen LogP contribution in [0.3, 0.4) is 0 Å². The SMILES string of the molecule is Cc1cc(Nc2ccc(Br)c(C)c2)nc(N2CCCCC2)n1. The van der Waals surface area contributed by atoms with Gasteiger partial charge in [0.15, 0.2) is 0 Å². The summed E-state index contributed by atoms with van der Waals surface area (Å²) in [6.07, 6.45) is 3.77. The van der Waals surface area contributed by atoms with Crippen LogP contribution in [0.1, 0.15) is 30.5 Å². The molecule has 3 rings (SSSR count). The molecule has 1 aromatic carbocycles. The van der Waals surface area contributed by atoms with Crippen LogP contribution in [-0.4, -0.2) is 23.1 Å². The van der Waals surface area contributed by atoms with E-state index in [0.29, 0.717) is 0 Å². The number of hydrogen-bond donors (Lipinski definition) is 1. The van der Waals surface area contributed by atoms with Gasteiger partial charge in [0, 0.05) is 35.0 Å². The zero-order chi connectivity index (χ0) is 15.5. The molecule has 0 unspecified atom stereocenters. The van der Waals surface area contributed by atoms with E-state index in [2.05, 4.69) is 56.3 Å². The Bertz CT molecular complexity index is 666. The maximum atomic E-state index is 4.70. The third kappa shape index (κ3) is 3.58. The molecule has 0 aliphatic carbocycles. The first-order valence-corrected chi connectivity index (χ1v) is 8.55. The molecule has 5 heteroatoms. The second-order valence-corrected chi connectivity index (χ2v) is 6.69. The van der Waals surface area contributed by atoms with Gasteiger partial charge in [-0.3, -0.25) is 0 Å². The van der Waals surface area contributed by atoms with Crippen LogP contribution >= 0.6 is 15.9 Å². The van der Waals surface area contributed by atoms with Gasteiger partial charge < -0.3 is 10.2 Å². The Hall–Kier alpha value is -1.62. The number of benzene rings is 1. The van der Waals surface area contributed by atoms with E-state index in [1.54, 1.807) is 0 Å². The van der Waals surface area contributed by atoms with E-state index in [-0.39, 0.29) is 0 Å². The molecule has 2 heterocycles. The van der Waals surface area contributed by atoms with Gasteiger partial charge in [0.05, 0.1) is 0 Å². The van der Waals surface area contributed by atoms with Gasteiger partial charge in [-0.15, -0.1) is 0 Å². The fraction of sp³-hybridized carbons (Fsp3) is 0.412. The highest BCUT2D eigenvalue weighted by molar-refractivity contribution is 9.10.